The molecule has 1 aliphatic heterocycles. The molecule has 0 radical (unpaired) electrons. The number of fused-ring (bicyclic) bond motifs is 1. The zero-order chi connectivity index (χ0) is 10.9. The van der Waals surface area contributed by atoms with Crippen LogP contribution in [0.15, 0.2) is 18.2 Å². The molecule has 0 saturated heterocycles. The quantitative estimate of drug-likeness (QED) is 0.801. The van der Waals surface area contributed by atoms with Crippen LogP contribution in [-0.4, -0.2) is 5.60 Å². The van der Waals surface area contributed by atoms with E-state index in [0.717, 1.165) is 13.1 Å². The molecule has 0 saturated carbocycles. The Morgan fingerprint density at radius 3 is 2.80 bits per heavy atom. The second kappa shape index (κ2) is 3.95. The molecule has 1 aromatic carbocycles. The van der Waals surface area contributed by atoms with Crippen LogP contribution in [0.4, 0.5) is 0 Å². The average Bonchev–Trinajstić information content (AvgIpc) is 2.61. The molecule has 1 N–H and O–H groups in total. The molecular weight excluding hydrogens is 186 g/mol. The van der Waals surface area contributed by atoms with Crippen LogP contribution in [0, 0.1) is 0 Å². The first kappa shape index (κ1) is 10.7. The van der Waals surface area contributed by atoms with Gasteiger partial charge in [0.15, 0.2) is 0 Å². The third-order valence-electron chi connectivity index (χ3n) is 2.65. The molecule has 0 bridgehead atoms. The molecule has 0 spiro atoms. The fraction of sp³-hybridized carbons (Fsp3) is 0.538. The molecule has 0 aromatic heterocycles. The standard InChI is InChI=1S/C13H19NO/c1-13(2,3)15-9-11-6-4-5-10-7-14-8-12(10)11/h4-6,14H,7-9H2,1-3H3. The van der Waals surface area contributed by atoms with E-state index in [1.807, 2.05) is 0 Å². The van der Waals surface area contributed by atoms with Gasteiger partial charge in [0.25, 0.3) is 0 Å². The van der Waals surface area contributed by atoms with E-state index < -0.39 is 0 Å². The van der Waals surface area contributed by atoms with Gasteiger partial charge >= 0.3 is 0 Å². The van der Waals surface area contributed by atoms with E-state index >= 15 is 0 Å². The maximum atomic E-state index is 5.81. The fourth-order valence-corrected chi connectivity index (χ4v) is 1.83. The number of hydrogen-bond donors (Lipinski definition) is 1. The summed E-state index contributed by atoms with van der Waals surface area (Å²) in [6.45, 7) is 8.98. The lowest BCUT2D eigenvalue weighted by atomic mass is 10.0. The fourth-order valence-electron chi connectivity index (χ4n) is 1.83. The van der Waals surface area contributed by atoms with Crippen LogP contribution in [0.1, 0.15) is 37.5 Å². The molecule has 1 heterocycles. The van der Waals surface area contributed by atoms with Crippen LogP contribution < -0.4 is 5.32 Å². The van der Waals surface area contributed by atoms with Gasteiger partial charge in [-0.15, -0.1) is 0 Å². The third kappa shape index (κ3) is 2.58. The van der Waals surface area contributed by atoms with Crippen LogP contribution in [0.3, 0.4) is 0 Å². The van der Waals surface area contributed by atoms with E-state index in [1.165, 1.54) is 16.7 Å². The van der Waals surface area contributed by atoms with Gasteiger partial charge in [0, 0.05) is 13.1 Å². The maximum absolute atomic E-state index is 5.81. The molecule has 2 heteroatoms. The Balaban J connectivity index is 2.12. The van der Waals surface area contributed by atoms with E-state index in [1.54, 1.807) is 0 Å². The summed E-state index contributed by atoms with van der Waals surface area (Å²) in [5.74, 6) is 0. The Hall–Kier alpha value is -0.860. The minimum atomic E-state index is -0.0608. The normalized spacial score (nSPS) is 15.4. The van der Waals surface area contributed by atoms with Crippen molar-refractivity contribution in [1.82, 2.24) is 5.32 Å². The first-order chi connectivity index (χ1) is 7.06. The number of ether oxygens (including phenoxy) is 1. The first-order valence-corrected chi connectivity index (χ1v) is 5.50. The summed E-state index contributed by atoms with van der Waals surface area (Å²) in [6, 6.07) is 6.47. The van der Waals surface area contributed by atoms with E-state index in [9.17, 15) is 0 Å². The smallest absolute Gasteiger partial charge is 0.0727 e. The van der Waals surface area contributed by atoms with Gasteiger partial charge in [0.05, 0.1) is 12.2 Å². The van der Waals surface area contributed by atoms with Crippen molar-refractivity contribution in [3.63, 3.8) is 0 Å². The molecule has 82 valence electrons. The van der Waals surface area contributed by atoms with Crippen molar-refractivity contribution in [2.45, 2.75) is 46.1 Å². The molecule has 1 aromatic rings. The minimum Gasteiger partial charge on any atom is -0.371 e. The van der Waals surface area contributed by atoms with Gasteiger partial charge < -0.3 is 10.1 Å². The van der Waals surface area contributed by atoms with E-state index in [2.05, 4.69) is 44.3 Å². The van der Waals surface area contributed by atoms with Crippen molar-refractivity contribution in [1.29, 1.82) is 0 Å². The highest BCUT2D eigenvalue weighted by molar-refractivity contribution is 5.37. The molecular formula is C13H19NO. The van der Waals surface area contributed by atoms with Gasteiger partial charge in [-0.1, -0.05) is 18.2 Å². The van der Waals surface area contributed by atoms with Crippen LogP contribution in [-0.2, 0) is 24.4 Å². The monoisotopic (exact) mass is 205 g/mol. The lowest BCUT2D eigenvalue weighted by molar-refractivity contribution is -0.0152. The number of rotatable bonds is 2. The summed E-state index contributed by atoms with van der Waals surface area (Å²) in [5, 5.41) is 3.37. The highest BCUT2D eigenvalue weighted by Crippen LogP contribution is 2.22. The summed E-state index contributed by atoms with van der Waals surface area (Å²) in [6.07, 6.45) is 0. The summed E-state index contributed by atoms with van der Waals surface area (Å²) in [5.41, 5.74) is 4.12. The molecule has 1 aliphatic rings. The van der Waals surface area contributed by atoms with E-state index in [4.69, 9.17) is 4.74 Å². The molecule has 0 fully saturated rings. The zero-order valence-electron chi connectivity index (χ0n) is 9.76. The molecule has 0 aliphatic carbocycles. The minimum absolute atomic E-state index is 0.0608. The maximum Gasteiger partial charge on any atom is 0.0727 e. The van der Waals surface area contributed by atoms with Gasteiger partial charge in [0.1, 0.15) is 0 Å². The lowest BCUT2D eigenvalue weighted by Gasteiger charge is -2.20. The van der Waals surface area contributed by atoms with Crippen LogP contribution in [0.2, 0.25) is 0 Å². The van der Waals surface area contributed by atoms with Crippen molar-refractivity contribution in [3.05, 3.63) is 34.9 Å². The SMILES string of the molecule is CC(C)(C)OCc1cccc2c1CNC2. The third-order valence-corrected chi connectivity index (χ3v) is 2.65. The van der Waals surface area contributed by atoms with Crippen molar-refractivity contribution >= 4 is 0 Å². The molecule has 0 unspecified atom stereocenters. The Kier molecular flexibility index (Phi) is 2.81. The first-order valence-electron chi connectivity index (χ1n) is 5.50. The predicted molar refractivity (Wildman–Crippen MR) is 61.5 cm³/mol. The van der Waals surface area contributed by atoms with Crippen molar-refractivity contribution in [2.75, 3.05) is 0 Å². The number of benzene rings is 1. The second-order valence-corrected chi connectivity index (χ2v) is 5.06. The Bertz CT molecular complexity index is 352. The van der Waals surface area contributed by atoms with Crippen molar-refractivity contribution in [3.8, 4) is 0 Å². The topological polar surface area (TPSA) is 21.3 Å². The Labute approximate surface area is 91.6 Å². The van der Waals surface area contributed by atoms with E-state index in [0.29, 0.717) is 6.61 Å². The van der Waals surface area contributed by atoms with Crippen LogP contribution in [0.5, 0.6) is 0 Å². The molecule has 0 amide bonds. The van der Waals surface area contributed by atoms with Crippen molar-refractivity contribution < 1.29 is 4.74 Å². The highest BCUT2D eigenvalue weighted by atomic mass is 16.5. The summed E-state index contributed by atoms with van der Waals surface area (Å²) >= 11 is 0. The molecule has 15 heavy (non-hydrogen) atoms. The van der Waals surface area contributed by atoms with Gasteiger partial charge in [-0.2, -0.15) is 0 Å². The zero-order valence-corrected chi connectivity index (χ0v) is 9.76. The predicted octanol–water partition coefficient (Wildman–Crippen LogP) is 2.60. The average molecular weight is 205 g/mol. The lowest BCUT2D eigenvalue weighted by Crippen LogP contribution is -2.19. The molecule has 0 atom stereocenters. The molecule has 2 rings (SSSR count). The van der Waals surface area contributed by atoms with Gasteiger partial charge in [-0.3, -0.25) is 0 Å². The summed E-state index contributed by atoms with van der Waals surface area (Å²) in [7, 11) is 0. The summed E-state index contributed by atoms with van der Waals surface area (Å²) < 4.78 is 5.81. The van der Waals surface area contributed by atoms with E-state index in [-0.39, 0.29) is 5.60 Å². The summed E-state index contributed by atoms with van der Waals surface area (Å²) in [4.78, 5) is 0. The molecule has 2 nitrogen and oxygen atoms in total. The van der Waals surface area contributed by atoms with Gasteiger partial charge in [0.2, 0.25) is 0 Å². The Morgan fingerprint density at radius 1 is 1.27 bits per heavy atom. The van der Waals surface area contributed by atoms with Crippen LogP contribution in [0.25, 0.3) is 0 Å². The van der Waals surface area contributed by atoms with Crippen molar-refractivity contribution in [2.24, 2.45) is 0 Å². The highest BCUT2D eigenvalue weighted by Gasteiger charge is 2.16. The second-order valence-electron chi connectivity index (χ2n) is 5.06. The van der Waals surface area contributed by atoms with Gasteiger partial charge in [-0.05, 0) is 37.5 Å². The largest absolute Gasteiger partial charge is 0.371 e. The van der Waals surface area contributed by atoms with Crippen LogP contribution >= 0.6 is 0 Å². The number of hydrogen-bond acceptors (Lipinski definition) is 2. The Morgan fingerprint density at radius 2 is 2.07 bits per heavy atom. The number of nitrogens with one attached hydrogen (secondary N) is 1. The van der Waals surface area contributed by atoms with Gasteiger partial charge in [-0.25, -0.2) is 0 Å².